The Balaban J connectivity index is 1.24. The Morgan fingerprint density at radius 3 is 2.74 bits per heavy atom. The quantitative estimate of drug-likeness (QED) is 0.386. The van der Waals surface area contributed by atoms with Crippen molar-refractivity contribution in [1.29, 1.82) is 0 Å². The van der Waals surface area contributed by atoms with E-state index in [9.17, 15) is 24.0 Å². The molecule has 11 heteroatoms. The molecule has 11 nitrogen and oxygen atoms in total. The van der Waals surface area contributed by atoms with E-state index in [0.717, 1.165) is 36.6 Å². The number of fused-ring (bicyclic) bond motifs is 2. The molecule has 3 heterocycles. The number of H-pyrrole nitrogens is 1. The molecule has 4 aliphatic rings. The van der Waals surface area contributed by atoms with Gasteiger partial charge in [0.25, 0.3) is 11.8 Å². The van der Waals surface area contributed by atoms with E-state index in [-0.39, 0.29) is 41.9 Å². The van der Waals surface area contributed by atoms with Crippen LogP contribution in [0.5, 0.6) is 5.75 Å². The van der Waals surface area contributed by atoms with Gasteiger partial charge in [-0.25, -0.2) is 0 Å². The molecule has 2 saturated heterocycles. The summed E-state index contributed by atoms with van der Waals surface area (Å²) < 4.78 is 10.8. The number of carbonyl (C=O) groups excluding carboxylic acids is 5. The molecule has 2 aromatic rings. The fourth-order valence-corrected chi connectivity index (χ4v) is 7.40. The van der Waals surface area contributed by atoms with Crippen LogP contribution in [0.1, 0.15) is 61.9 Å². The summed E-state index contributed by atoms with van der Waals surface area (Å²) in [5.41, 5.74) is 1.11. The molecule has 0 bridgehead atoms. The molecule has 6 rings (SSSR count). The first-order valence-electron chi connectivity index (χ1n) is 15.1. The number of carbonyl (C=O) groups is 5. The summed E-state index contributed by atoms with van der Waals surface area (Å²) in [6, 6.07) is 5.08. The van der Waals surface area contributed by atoms with Crippen LogP contribution in [0.15, 0.2) is 24.3 Å². The van der Waals surface area contributed by atoms with Gasteiger partial charge >= 0.3 is 0 Å². The summed E-state index contributed by atoms with van der Waals surface area (Å²) in [5, 5.41) is 6.34. The molecule has 2 saturated carbocycles. The largest absolute Gasteiger partial charge is 0.496 e. The zero-order valence-corrected chi connectivity index (χ0v) is 23.9. The molecule has 42 heavy (non-hydrogen) atoms. The predicted octanol–water partition coefficient (Wildman–Crippen LogP) is 2.14. The van der Waals surface area contributed by atoms with Crippen molar-refractivity contribution < 1.29 is 33.4 Å². The third-order valence-electron chi connectivity index (χ3n) is 9.57. The second kappa shape index (κ2) is 11.9. The molecule has 1 aromatic carbocycles. The van der Waals surface area contributed by atoms with Crippen LogP contribution in [-0.2, 0) is 23.9 Å². The summed E-state index contributed by atoms with van der Waals surface area (Å²) in [7, 11) is 1.57. The number of hydrogen-bond donors (Lipinski definition) is 3. The minimum Gasteiger partial charge on any atom is -0.496 e. The standard InChI is InChI=1S/C31H38N4O7/c1-41-26-10-4-8-22-21(26)14-24(33-22)31(40)35-15-18-6-2-7-20(18)27(35)29(38)34-23(13-17-5-3-9-25(17)36)28(37)30(39)32-19-11-12-42-16-19/h4,8,10,14,17-20,23,27,33H,2-3,5-7,9,11-13,15-16H2,1H3,(H,32,39)(H,34,38). The van der Waals surface area contributed by atoms with Crippen molar-refractivity contribution in [3.63, 3.8) is 0 Å². The van der Waals surface area contributed by atoms with E-state index in [1.165, 1.54) is 0 Å². The van der Waals surface area contributed by atoms with Crippen molar-refractivity contribution in [1.82, 2.24) is 20.5 Å². The Morgan fingerprint density at radius 1 is 1.14 bits per heavy atom. The van der Waals surface area contributed by atoms with E-state index in [1.807, 2.05) is 18.2 Å². The van der Waals surface area contributed by atoms with Crippen LogP contribution in [0.25, 0.3) is 10.9 Å². The van der Waals surface area contributed by atoms with Crippen LogP contribution in [0.2, 0.25) is 0 Å². The number of aromatic amines is 1. The number of aromatic nitrogens is 1. The van der Waals surface area contributed by atoms with Gasteiger partial charge in [0.15, 0.2) is 0 Å². The van der Waals surface area contributed by atoms with Crippen molar-refractivity contribution in [2.45, 2.75) is 69.5 Å². The highest BCUT2D eigenvalue weighted by Crippen LogP contribution is 2.43. The monoisotopic (exact) mass is 578 g/mol. The number of benzene rings is 1. The van der Waals surface area contributed by atoms with Gasteiger partial charge in [-0.2, -0.15) is 0 Å². The summed E-state index contributed by atoms with van der Waals surface area (Å²) in [5.74, 6) is -1.86. The number of ether oxygens (including phenoxy) is 2. The van der Waals surface area contributed by atoms with E-state index in [4.69, 9.17) is 9.47 Å². The maximum Gasteiger partial charge on any atom is 0.289 e. The van der Waals surface area contributed by atoms with Crippen molar-refractivity contribution in [2.24, 2.45) is 17.8 Å². The highest BCUT2D eigenvalue weighted by molar-refractivity contribution is 6.38. The smallest absolute Gasteiger partial charge is 0.289 e. The lowest BCUT2D eigenvalue weighted by Gasteiger charge is -2.29. The van der Waals surface area contributed by atoms with Crippen LogP contribution in [0.3, 0.4) is 0 Å². The first-order chi connectivity index (χ1) is 20.3. The lowest BCUT2D eigenvalue weighted by atomic mass is 9.91. The summed E-state index contributed by atoms with van der Waals surface area (Å²) in [6.45, 7) is 1.28. The van der Waals surface area contributed by atoms with Crippen LogP contribution in [0.4, 0.5) is 0 Å². The van der Waals surface area contributed by atoms with Gasteiger partial charge in [-0.15, -0.1) is 0 Å². The van der Waals surface area contributed by atoms with Gasteiger partial charge in [0, 0.05) is 36.4 Å². The van der Waals surface area contributed by atoms with Crippen LogP contribution in [-0.4, -0.2) is 84.2 Å². The second-order valence-electron chi connectivity index (χ2n) is 12.1. The summed E-state index contributed by atoms with van der Waals surface area (Å²) >= 11 is 0. The van der Waals surface area contributed by atoms with Crippen molar-refractivity contribution in [3.8, 4) is 5.75 Å². The van der Waals surface area contributed by atoms with Gasteiger partial charge in [-0.1, -0.05) is 12.5 Å². The molecule has 0 radical (unpaired) electrons. The van der Waals surface area contributed by atoms with E-state index in [1.54, 1.807) is 18.1 Å². The number of nitrogens with zero attached hydrogens (tertiary/aromatic N) is 1. The predicted molar refractivity (Wildman–Crippen MR) is 152 cm³/mol. The topological polar surface area (TPSA) is 147 Å². The third-order valence-corrected chi connectivity index (χ3v) is 9.57. The fourth-order valence-electron chi connectivity index (χ4n) is 7.40. The number of hydrogen-bond acceptors (Lipinski definition) is 7. The Morgan fingerprint density at radius 2 is 2.00 bits per heavy atom. The van der Waals surface area contributed by atoms with Crippen molar-refractivity contribution in [3.05, 3.63) is 30.0 Å². The third kappa shape index (κ3) is 5.42. The lowest BCUT2D eigenvalue weighted by molar-refractivity contribution is -0.141. The average Bonchev–Trinajstić information content (AvgIpc) is 3.81. The first-order valence-corrected chi connectivity index (χ1v) is 15.1. The van der Waals surface area contributed by atoms with Crippen molar-refractivity contribution in [2.75, 3.05) is 26.9 Å². The Bertz CT molecular complexity index is 1400. The molecule has 224 valence electrons. The van der Waals surface area contributed by atoms with E-state index < -0.39 is 29.7 Å². The number of ketones is 2. The van der Waals surface area contributed by atoms with E-state index in [0.29, 0.717) is 50.5 Å². The lowest BCUT2D eigenvalue weighted by Crippen LogP contribution is -2.56. The van der Waals surface area contributed by atoms with E-state index >= 15 is 0 Å². The van der Waals surface area contributed by atoms with Crippen LogP contribution >= 0.6 is 0 Å². The van der Waals surface area contributed by atoms with Gasteiger partial charge < -0.3 is 30.0 Å². The fraction of sp³-hybridized carbons (Fsp3) is 0.581. The molecule has 2 aliphatic heterocycles. The second-order valence-corrected chi connectivity index (χ2v) is 12.1. The number of Topliss-reactive ketones (excluding diaryl/α,β-unsaturated/α-hetero) is 2. The zero-order chi connectivity index (χ0) is 29.4. The van der Waals surface area contributed by atoms with Crippen LogP contribution in [0, 0.1) is 17.8 Å². The van der Waals surface area contributed by atoms with Gasteiger partial charge in [-0.3, -0.25) is 24.0 Å². The SMILES string of the molecule is COc1cccc2[nH]c(C(=O)N3CC4CCCC4C3C(=O)NC(CC3CCCC3=O)C(=O)C(=O)NC3CCOC3)cc12. The minimum absolute atomic E-state index is 0.0406. The summed E-state index contributed by atoms with van der Waals surface area (Å²) in [6.07, 6.45) is 5.17. The molecule has 6 unspecified atom stereocenters. The number of methoxy groups -OCH3 is 1. The average molecular weight is 579 g/mol. The Hall–Kier alpha value is -3.73. The molecule has 0 spiro atoms. The molecule has 3 amide bonds. The van der Waals surface area contributed by atoms with Crippen LogP contribution < -0.4 is 15.4 Å². The zero-order valence-electron chi connectivity index (χ0n) is 23.9. The summed E-state index contributed by atoms with van der Waals surface area (Å²) in [4.78, 5) is 71.6. The van der Waals surface area contributed by atoms with Gasteiger partial charge in [0.05, 0.1) is 25.8 Å². The molecular weight excluding hydrogens is 540 g/mol. The van der Waals surface area contributed by atoms with Gasteiger partial charge in [0.1, 0.15) is 23.3 Å². The number of likely N-dealkylation sites (tertiary alicyclic amines) is 1. The normalized spacial score (nSPS) is 27.7. The highest BCUT2D eigenvalue weighted by atomic mass is 16.5. The first kappa shape index (κ1) is 28.4. The van der Waals surface area contributed by atoms with Crippen molar-refractivity contribution >= 4 is 40.2 Å². The highest BCUT2D eigenvalue weighted by Gasteiger charge is 2.50. The number of rotatable bonds is 9. The molecule has 1 aromatic heterocycles. The maximum absolute atomic E-state index is 14.0. The molecular formula is C31H38N4O7. The number of amides is 3. The minimum atomic E-state index is -1.15. The molecule has 3 N–H and O–H groups in total. The molecule has 2 aliphatic carbocycles. The Kier molecular flexibility index (Phi) is 8.02. The number of nitrogens with one attached hydrogen (secondary N) is 3. The van der Waals surface area contributed by atoms with Gasteiger partial charge in [-0.05, 0) is 68.6 Å². The maximum atomic E-state index is 14.0. The molecule has 6 atom stereocenters. The van der Waals surface area contributed by atoms with E-state index in [2.05, 4.69) is 15.6 Å². The molecule has 4 fully saturated rings. The Labute approximate surface area is 244 Å². The van der Waals surface area contributed by atoms with Gasteiger partial charge in [0.2, 0.25) is 11.7 Å².